The molecule has 1 fully saturated rings. The molecule has 1 amide bonds. The van der Waals surface area contributed by atoms with Crippen LogP contribution in [0.3, 0.4) is 0 Å². The first-order chi connectivity index (χ1) is 13.3. The average molecular weight is 395 g/mol. The van der Waals surface area contributed by atoms with Gasteiger partial charge in [0.1, 0.15) is 5.69 Å². The van der Waals surface area contributed by atoms with Crippen molar-refractivity contribution in [3.05, 3.63) is 63.7 Å². The summed E-state index contributed by atoms with van der Waals surface area (Å²) in [4.78, 5) is 25.0. The van der Waals surface area contributed by atoms with Gasteiger partial charge >= 0.3 is 6.18 Å². The molecule has 10 heteroatoms. The van der Waals surface area contributed by atoms with Crippen LogP contribution in [-0.4, -0.2) is 37.1 Å². The van der Waals surface area contributed by atoms with Crippen LogP contribution in [0.5, 0.6) is 0 Å². The normalized spacial score (nSPS) is 14.6. The molecule has 0 atom stereocenters. The van der Waals surface area contributed by atoms with Gasteiger partial charge in [0.05, 0.1) is 23.7 Å². The summed E-state index contributed by atoms with van der Waals surface area (Å²) in [5, 5.41) is 13.8. The lowest BCUT2D eigenvalue weighted by molar-refractivity contribution is -0.384. The number of nitro benzene ring substituents is 1. The van der Waals surface area contributed by atoms with Crippen LogP contribution in [0.15, 0.2) is 42.5 Å². The Kier molecular flexibility index (Phi) is 5.50. The van der Waals surface area contributed by atoms with Gasteiger partial charge in [-0.25, -0.2) is 0 Å². The summed E-state index contributed by atoms with van der Waals surface area (Å²) < 4.78 is 43.6. The maximum atomic E-state index is 12.8. The van der Waals surface area contributed by atoms with Crippen molar-refractivity contribution >= 4 is 23.0 Å². The molecule has 0 aliphatic carbocycles. The van der Waals surface area contributed by atoms with Gasteiger partial charge in [0.15, 0.2) is 0 Å². The fourth-order valence-corrected chi connectivity index (χ4v) is 2.86. The fourth-order valence-electron chi connectivity index (χ4n) is 2.86. The lowest BCUT2D eigenvalue weighted by Crippen LogP contribution is -2.36. The Morgan fingerprint density at radius 3 is 2.50 bits per heavy atom. The first kappa shape index (κ1) is 19.6. The van der Waals surface area contributed by atoms with Gasteiger partial charge in [-0.3, -0.25) is 14.9 Å². The van der Waals surface area contributed by atoms with E-state index in [0.717, 1.165) is 18.2 Å². The zero-order valence-corrected chi connectivity index (χ0v) is 14.5. The lowest BCUT2D eigenvalue weighted by Gasteiger charge is -2.28. The largest absolute Gasteiger partial charge is 0.416 e. The summed E-state index contributed by atoms with van der Waals surface area (Å²) in [5.74, 6) is -0.740. The number of halogens is 3. The highest BCUT2D eigenvalue weighted by Crippen LogP contribution is 2.32. The van der Waals surface area contributed by atoms with Crippen LogP contribution in [-0.2, 0) is 10.9 Å². The molecular formula is C18H16F3N3O4. The van der Waals surface area contributed by atoms with Crippen molar-refractivity contribution < 1.29 is 27.6 Å². The van der Waals surface area contributed by atoms with Crippen LogP contribution in [0.4, 0.5) is 30.2 Å². The number of hydrogen-bond acceptors (Lipinski definition) is 5. The van der Waals surface area contributed by atoms with E-state index in [9.17, 15) is 28.1 Å². The number of hydrogen-bond donors (Lipinski definition) is 1. The van der Waals surface area contributed by atoms with Crippen molar-refractivity contribution in [1.29, 1.82) is 0 Å². The van der Waals surface area contributed by atoms with Crippen molar-refractivity contribution in [2.45, 2.75) is 6.18 Å². The molecule has 1 saturated heterocycles. The minimum absolute atomic E-state index is 0.0267. The molecule has 28 heavy (non-hydrogen) atoms. The predicted molar refractivity (Wildman–Crippen MR) is 95.5 cm³/mol. The minimum atomic E-state index is -4.54. The third-order valence-corrected chi connectivity index (χ3v) is 4.23. The molecule has 0 bridgehead atoms. The Bertz CT molecular complexity index is 896. The monoisotopic (exact) mass is 395 g/mol. The number of nitrogens with zero attached hydrogens (tertiary/aromatic N) is 2. The summed E-state index contributed by atoms with van der Waals surface area (Å²) in [6.07, 6.45) is -4.54. The topological polar surface area (TPSA) is 84.7 Å². The number of carbonyl (C=O) groups is 1. The number of ether oxygens (including phenoxy) is 1. The van der Waals surface area contributed by atoms with Gasteiger partial charge in [-0.1, -0.05) is 6.07 Å². The third-order valence-electron chi connectivity index (χ3n) is 4.23. The molecule has 2 aromatic rings. The molecule has 0 saturated carbocycles. The smallest absolute Gasteiger partial charge is 0.378 e. The van der Waals surface area contributed by atoms with Crippen LogP contribution in [0.25, 0.3) is 0 Å². The molecule has 1 N–H and O–H groups in total. The Morgan fingerprint density at radius 1 is 1.14 bits per heavy atom. The van der Waals surface area contributed by atoms with Gasteiger partial charge in [-0.05, 0) is 30.3 Å². The highest BCUT2D eigenvalue weighted by molar-refractivity contribution is 6.05. The van der Waals surface area contributed by atoms with Crippen molar-refractivity contribution in [1.82, 2.24) is 0 Å². The van der Waals surface area contributed by atoms with E-state index in [1.807, 2.05) is 0 Å². The fraction of sp³-hybridized carbons (Fsp3) is 0.278. The third kappa shape index (κ3) is 4.39. The molecule has 0 spiro atoms. The Balaban J connectivity index is 1.84. The van der Waals surface area contributed by atoms with Gasteiger partial charge in [0, 0.05) is 30.4 Å². The van der Waals surface area contributed by atoms with E-state index in [1.165, 1.54) is 24.3 Å². The summed E-state index contributed by atoms with van der Waals surface area (Å²) in [5.41, 5.74) is -0.873. The number of alkyl halides is 3. The molecule has 2 aromatic carbocycles. The van der Waals surface area contributed by atoms with E-state index in [4.69, 9.17) is 4.74 Å². The zero-order valence-electron chi connectivity index (χ0n) is 14.5. The SMILES string of the molecule is O=C(Nc1cccc(C(F)(F)F)c1)c1ccc(N2CCOCC2)c([N+](=O)[O-])c1. The number of morpholine rings is 1. The summed E-state index contributed by atoms with van der Waals surface area (Å²) in [6.45, 7) is 1.84. The zero-order chi connectivity index (χ0) is 20.3. The Morgan fingerprint density at radius 2 is 1.86 bits per heavy atom. The summed E-state index contributed by atoms with van der Waals surface area (Å²) >= 11 is 0. The molecule has 1 heterocycles. The highest BCUT2D eigenvalue weighted by atomic mass is 19.4. The van der Waals surface area contributed by atoms with E-state index < -0.39 is 22.6 Å². The van der Waals surface area contributed by atoms with E-state index in [-0.39, 0.29) is 16.9 Å². The minimum Gasteiger partial charge on any atom is -0.378 e. The molecular weight excluding hydrogens is 379 g/mol. The Labute approximate surface area is 157 Å². The standard InChI is InChI=1S/C18H16F3N3O4/c19-18(20,21)13-2-1-3-14(11-13)22-17(25)12-4-5-15(16(10-12)24(26)27)23-6-8-28-9-7-23/h1-5,10-11H,6-9H2,(H,22,25). The maximum Gasteiger partial charge on any atom is 0.416 e. The molecule has 148 valence electrons. The molecule has 0 radical (unpaired) electrons. The van der Waals surface area contributed by atoms with Crippen molar-refractivity contribution in [3.63, 3.8) is 0 Å². The second-order valence-electron chi connectivity index (χ2n) is 6.09. The van der Waals surface area contributed by atoms with Crippen molar-refractivity contribution in [3.8, 4) is 0 Å². The second-order valence-corrected chi connectivity index (χ2v) is 6.09. The molecule has 1 aliphatic heterocycles. The van der Waals surface area contributed by atoms with E-state index in [2.05, 4.69) is 5.32 Å². The Hall–Kier alpha value is -3.14. The van der Waals surface area contributed by atoms with Crippen LogP contribution in [0, 0.1) is 10.1 Å². The summed E-state index contributed by atoms with van der Waals surface area (Å²) in [6, 6.07) is 8.15. The second kappa shape index (κ2) is 7.85. The number of anilines is 2. The van der Waals surface area contributed by atoms with Gasteiger partial charge in [-0.2, -0.15) is 13.2 Å². The number of nitrogens with one attached hydrogen (secondary N) is 1. The quantitative estimate of drug-likeness (QED) is 0.630. The van der Waals surface area contributed by atoms with Crippen LogP contribution in [0.1, 0.15) is 15.9 Å². The van der Waals surface area contributed by atoms with E-state index >= 15 is 0 Å². The predicted octanol–water partition coefficient (Wildman–Crippen LogP) is 3.70. The van der Waals surface area contributed by atoms with Crippen LogP contribution < -0.4 is 10.2 Å². The van der Waals surface area contributed by atoms with Gasteiger partial charge in [0.25, 0.3) is 11.6 Å². The lowest BCUT2D eigenvalue weighted by atomic mass is 10.1. The molecule has 0 aromatic heterocycles. The molecule has 7 nitrogen and oxygen atoms in total. The molecule has 3 rings (SSSR count). The van der Waals surface area contributed by atoms with Crippen LogP contribution in [0.2, 0.25) is 0 Å². The van der Waals surface area contributed by atoms with Crippen LogP contribution >= 0.6 is 0 Å². The number of nitro groups is 1. The molecule has 1 aliphatic rings. The van der Waals surface area contributed by atoms with Gasteiger partial charge in [0.2, 0.25) is 0 Å². The van der Waals surface area contributed by atoms with Gasteiger partial charge in [-0.15, -0.1) is 0 Å². The highest BCUT2D eigenvalue weighted by Gasteiger charge is 2.30. The molecule has 0 unspecified atom stereocenters. The van der Waals surface area contributed by atoms with E-state index in [1.54, 1.807) is 4.90 Å². The first-order valence-corrected chi connectivity index (χ1v) is 8.35. The first-order valence-electron chi connectivity index (χ1n) is 8.35. The summed E-state index contributed by atoms with van der Waals surface area (Å²) in [7, 11) is 0. The van der Waals surface area contributed by atoms with Crippen molar-refractivity contribution in [2.24, 2.45) is 0 Å². The van der Waals surface area contributed by atoms with Gasteiger partial charge < -0.3 is 15.0 Å². The van der Waals surface area contributed by atoms with E-state index in [0.29, 0.717) is 32.0 Å². The maximum absolute atomic E-state index is 12.8. The number of carbonyl (C=O) groups excluding carboxylic acids is 1. The number of amides is 1. The number of rotatable bonds is 4. The number of benzene rings is 2. The van der Waals surface area contributed by atoms with Crippen molar-refractivity contribution in [2.75, 3.05) is 36.5 Å². The average Bonchev–Trinajstić information content (AvgIpc) is 2.67.